The number of hydrogen-bond acceptors (Lipinski definition) is 2. The van der Waals surface area contributed by atoms with E-state index in [2.05, 4.69) is 6.58 Å². The molecule has 1 saturated heterocycles. The van der Waals surface area contributed by atoms with Crippen LogP contribution >= 0.6 is 0 Å². The zero-order valence-corrected chi connectivity index (χ0v) is 9.20. The summed E-state index contributed by atoms with van der Waals surface area (Å²) < 4.78 is 25.6. The molecule has 0 unspecified atom stereocenters. The first-order valence-electron chi connectivity index (χ1n) is 4.82. The Morgan fingerprint density at radius 3 is 2.40 bits per heavy atom. The first kappa shape index (κ1) is 10.4. The molecule has 80 valence electrons. The average molecular weight is 223 g/mol. The average Bonchev–Trinajstić information content (AvgIpc) is 2.67. The van der Waals surface area contributed by atoms with Crippen LogP contribution in [0.2, 0.25) is 0 Å². The van der Waals surface area contributed by atoms with Gasteiger partial charge in [0.15, 0.2) is 0 Å². The highest BCUT2D eigenvalue weighted by atomic mass is 32.2. The van der Waals surface area contributed by atoms with E-state index in [1.807, 2.05) is 6.07 Å². The van der Waals surface area contributed by atoms with Gasteiger partial charge in [-0.2, -0.15) is 4.31 Å². The summed E-state index contributed by atoms with van der Waals surface area (Å²) in [6.45, 7) is 4.81. The quantitative estimate of drug-likeness (QED) is 0.715. The van der Waals surface area contributed by atoms with Crippen molar-refractivity contribution in [3.8, 4) is 0 Å². The van der Waals surface area contributed by atoms with Crippen LogP contribution < -0.4 is 0 Å². The topological polar surface area (TPSA) is 37.4 Å². The highest BCUT2D eigenvalue weighted by Gasteiger charge is 2.28. The van der Waals surface area contributed by atoms with Crippen molar-refractivity contribution in [1.29, 1.82) is 0 Å². The number of rotatable bonds is 2. The number of nitrogens with zero attached hydrogens (tertiary/aromatic N) is 1. The maximum Gasteiger partial charge on any atom is 0.243 e. The summed E-state index contributed by atoms with van der Waals surface area (Å²) in [6, 6.07) is 8.52. The molecule has 3 nitrogen and oxygen atoms in total. The van der Waals surface area contributed by atoms with Crippen LogP contribution in [0.3, 0.4) is 0 Å². The van der Waals surface area contributed by atoms with Gasteiger partial charge in [-0.15, -0.1) is 0 Å². The summed E-state index contributed by atoms with van der Waals surface area (Å²) in [4.78, 5) is 0.361. The maximum atomic E-state index is 12.1. The van der Waals surface area contributed by atoms with Gasteiger partial charge in [0.05, 0.1) is 4.90 Å². The van der Waals surface area contributed by atoms with Crippen LogP contribution in [0.5, 0.6) is 0 Å². The van der Waals surface area contributed by atoms with Gasteiger partial charge < -0.3 is 0 Å². The van der Waals surface area contributed by atoms with E-state index in [1.54, 1.807) is 24.3 Å². The zero-order valence-electron chi connectivity index (χ0n) is 8.39. The monoisotopic (exact) mass is 223 g/mol. The van der Waals surface area contributed by atoms with Gasteiger partial charge in [0, 0.05) is 13.1 Å². The van der Waals surface area contributed by atoms with Crippen molar-refractivity contribution < 1.29 is 8.42 Å². The van der Waals surface area contributed by atoms with Crippen LogP contribution in [0.15, 0.2) is 47.4 Å². The van der Waals surface area contributed by atoms with Crippen molar-refractivity contribution in [2.24, 2.45) is 0 Å². The van der Waals surface area contributed by atoms with E-state index in [0.717, 1.165) is 12.0 Å². The largest absolute Gasteiger partial charge is 0.243 e. The minimum Gasteiger partial charge on any atom is -0.207 e. The Hall–Kier alpha value is -1.13. The third kappa shape index (κ3) is 1.96. The number of hydrogen-bond donors (Lipinski definition) is 0. The van der Waals surface area contributed by atoms with E-state index in [4.69, 9.17) is 0 Å². The first-order valence-corrected chi connectivity index (χ1v) is 6.26. The van der Waals surface area contributed by atoms with Crippen molar-refractivity contribution in [2.75, 3.05) is 13.1 Å². The third-order valence-corrected chi connectivity index (χ3v) is 4.36. The van der Waals surface area contributed by atoms with E-state index < -0.39 is 10.0 Å². The van der Waals surface area contributed by atoms with Gasteiger partial charge in [0.1, 0.15) is 0 Å². The highest BCUT2D eigenvalue weighted by molar-refractivity contribution is 7.89. The summed E-state index contributed by atoms with van der Waals surface area (Å²) >= 11 is 0. The lowest BCUT2D eigenvalue weighted by molar-refractivity contribution is 0.481. The molecule has 1 aromatic rings. The fourth-order valence-corrected chi connectivity index (χ4v) is 3.12. The molecular weight excluding hydrogens is 210 g/mol. The van der Waals surface area contributed by atoms with Crippen molar-refractivity contribution in [3.05, 3.63) is 42.5 Å². The molecule has 0 N–H and O–H groups in total. The van der Waals surface area contributed by atoms with Gasteiger partial charge in [0.2, 0.25) is 10.0 Å². The van der Waals surface area contributed by atoms with Gasteiger partial charge in [-0.1, -0.05) is 30.4 Å². The zero-order chi connectivity index (χ0) is 10.9. The number of sulfonamides is 1. The van der Waals surface area contributed by atoms with Crippen LogP contribution in [0.25, 0.3) is 0 Å². The molecule has 0 saturated carbocycles. The molecule has 0 aromatic heterocycles. The van der Waals surface area contributed by atoms with Crippen molar-refractivity contribution in [1.82, 2.24) is 4.31 Å². The molecule has 0 spiro atoms. The number of benzene rings is 1. The SMILES string of the molecule is C=C1CCN(S(=O)(=O)c2ccccc2)C1. The lowest BCUT2D eigenvalue weighted by atomic mass is 10.3. The van der Waals surface area contributed by atoms with Crippen molar-refractivity contribution >= 4 is 10.0 Å². The van der Waals surface area contributed by atoms with Gasteiger partial charge >= 0.3 is 0 Å². The van der Waals surface area contributed by atoms with Gasteiger partial charge in [-0.05, 0) is 18.6 Å². The first-order chi connectivity index (χ1) is 7.10. The van der Waals surface area contributed by atoms with E-state index in [9.17, 15) is 8.42 Å². The predicted molar refractivity (Wildman–Crippen MR) is 59.0 cm³/mol. The minimum absolute atomic E-state index is 0.361. The Bertz CT molecular complexity index is 465. The molecule has 1 fully saturated rings. The second kappa shape index (κ2) is 3.79. The summed E-state index contributed by atoms with van der Waals surface area (Å²) in [5, 5.41) is 0. The Morgan fingerprint density at radius 2 is 1.87 bits per heavy atom. The van der Waals surface area contributed by atoms with Crippen LogP contribution in [-0.4, -0.2) is 25.8 Å². The molecule has 1 aromatic carbocycles. The second-order valence-corrected chi connectivity index (χ2v) is 5.59. The summed E-state index contributed by atoms with van der Waals surface area (Å²) in [5.41, 5.74) is 0.981. The van der Waals surface area contributed by atoms with Crippen molar-refractivity contribution in [2.45, 2.75) is 11.3 Å². The fraction of sp³-hybridized carbons (Fsp3) is 0.273. The molecule has 15 heavy (non-hydrogen) atoms. The fourth-order valence-electron chi connectivity index (χ4n) is 1.64. The van der Waals surface area contributed by atoms with E-state index in [-0.39, 0.29) is 0 Å². The highest BCUT2D eigenvalue weighted by Crippen LogP contribution is 2.22. The molecule has 4 heteroatoms. The summed E-state index contributed by atoms with van der Waals surface area (Å²) in [6.07, 6.45) is 0.770. The molecule has 0 amide bonds. The Labute approximate surface area is 90.1 Å². The maximum absolute atomic E-state index is 12.1. The minimum atomic E-state index is -3.30. The Morgan fingerprint density at radius 1 is 1.20 bits per heavy atom. The van der Waals surface area contributed by atoms with Crippen LogP contribution in [0.1, 0.15) is 6.42 Å². The molecule has 2 rings (SSSR count). The third-order valence-electron chi connectivity index (χ3n) is 2.50. The van der Waals surface area contributed by atoms with E-state index in [0.29, 0.717) is 18.0 Å². The predicted octanol–water partition coefficient (Wildman–Crippen LogP) is 1.64. The molecule has 0 atom stereocenters. The lowest BCUT2D eigenvalue weighted by Crippen LogP contribution is -2.27. The summed E-state index contributed by atoms with van der Waals surface area (Å²) in [7, 11) is -3.30. The van der Waals surface area contributed by atoms with Gasteiger partial charge in [0.25, 0.3) is 0 Å². The van der Waals surface area contributed by atoms with Crippen LogP contribution in [0, 0.1) is 0 Å². The molecule has 1 aliphatic heterocycles. The molecular formula is C11H13NO2S. The molecule has 0 aliphatic carbocycles. The molecule has 1 aliphatic rings. The van der Waals surface area contributed by atoms with Gasteiger partial charge in [-0.3, -0.25) is 0 Å². The van der Waals surface area contributed by atoms with Gasteiger partial charge in [-0.25, -0.2) is 8.42 Å². The van der Waals surface area contributed by atoms with Crippen molar-refractivity contribution in [3.63, 3.8) is 0 Å². The standard InChI is InChI=1S/C11H13NO2S/c1-10-7-8-12(9-10)15(13,14)11-5-3-2-4-6-11/h2-6H,1,7-9H2. The van der Waals surface area contributed by atoms with Crippen LogP contribution in [0.4, 0.5) is 0 Å². The smallest absolute Gasteiger partial charge is 0.207 e. The summed E-state index contributed by atoms with van der Waals surface area (Å²) in [5.74, 6) is 0. The van der Waals surface area contributed by atoms with Crippen LogP contribution in [-0.2, 0) is 10.0 Å². The lowest BCUT2D eigenvalue weighted by Gasteiger charge is -2.14. The molecule has 0 bridgehead atoms. The second-order valence-electron chi connectivity index (χ2n) is 3.65. The van der Waals surface area contributed by atoms with E-state index >= 15 is 0 Å². The Balaban J connectivity index is 2.32. The Kier molecular flexibility index (Phi) is 2.63. The molecule has 1 heterocycles. The van der Waals surface area contributed by atoms with E-state index in [1.165, 1.54) is 4.31 Å². The normalized spacial score (nSPS) is 18.3. The molecule has 0 radical (unpaired) electrons.